The highest BCUT2D eigenvalue weighted by Crippen LogP contribution is 2.48. The van der Waals surface area contributed by atoms with Gasteiger partial charge in [-0.25, -0.2) is 19.9 Å². The van der Waals surface area contributed by atoms with Crippen molar-refractivity contribution in [3.63, 3.8) is 0 Å². The van der Waals surface area contributed by atoms with Crippen LogP contribution in [0.4, 0.5) is 5.82 Å². The number of nitrogens with zero attached hydrogens (tertiary/aromatic N) is 5. The van der Waals surface area contributed by atoms with Crippen molar-refractivity contribution < 1.29 is 9.53 Å². The zero-order valence-electron chi connectivity index (χ0n) is 29.8. The largest absolute Gasteiger partial charge is 0.466 e. The maximum absolute atomic E-state index is 13.4. The van der Waals surface area contributed by atoms with Crippen LogP contribution in [0.3, 0.4) is 0 Å². The predicted molar refractivity (Wildman–Crippen MR) is 214 cm³/mol. The molecule has 10 rings (SSSR count). The standard InChI is InChI=1S/C44H39ClN6O2S/c1-2-53-43(52)38-28-18-20-29(21-19-28)39(38)49-37-24-35(30-22-23-54-27-30)47-41(50-37)34-26-51(42-40(34)48-36(45)25-46-42)44(31-12-6-3-7-13-31,32-14-8-4-9-15-32)33-16-10-5-11-17-33/h3-17,22-29,38-39H,2,18-21H2,1H3,(H,47,49,50)/t28?,29?,38-,39-/m1/s1. The molecular formula is C44H39ClN6O2S. The van der Waals surface area contributed by atoms with Gasteiger partial charge in [0.25, 0.3) is 0 Å². The van der Waals surface area contributed by atoms with Crippen molar-refractivity contribution in [2.45, 2.75) is 44.2 Å². The highest BCUT2D eigenvalue weighted by Gasteiger charge is 2.48. The smallest absolute Gasteiger partial charge is 0.311 e. The molecule has 3 fully saturated rings. The van der Waals surface area contributed by atoms with Crippen molar-refractivity contribution in [2.24, 2.45) is 17.8 Å². The van der Waals surface area contributed by atoms with Gasteiger partial charge in [-0.15, -0.1) is 0 Å². The zero-order chi connectivity index (χ0) is 36.6. The summed E-state index contributed by atoms with van der Waals surface area (Å²) in [5.41, 5.74) is 5.97. The van der Waals surface area contributed by atoms with Crippen LogP contribution in [0.15, 0.2) is 126 Å². The molecule has 7 aromatic rings. The Morgan fingerprint density at radius 3 is 2.09 bits per heavy atom. The van der Waals surface area contributed by atoms with Crippen LogP contribution >= 0.6 is 22.9 Å². The molecule has 3 aliphatic carbocycles. The minimum Gasteiger partial charge on any atom is -0.466 e. The fourth-order valence-corrected chi connectivity index (χ4v) is 9.73. The van der Waals surface area contributed by atoms with Gasteiger partial charge in [-0.3, -0.25) is 4.79 Å². The second-order valence-electron chi connectivity index (χ2n) is 14.2. The molecule has 8 nitrogen and oxygen atoms in total. The Kier molecular flexibility index (Phi) is 9.21. The Labute approximate surface area is 323 Å². The summed E-state index contributed by atoms with van der Waals surface area (Å²) in [5, 5.41) is 8.18. The SMILES string of the molecule is CCOC(=O)[C@@H]1C2CCC(CC2)[C@H]1Nc1cc(-c2ccsc2)nc(-c2cn(C(c3ccccc3)(c3ccccc3)c3ccccc3)c3ncc(Cl)nc23)n1. The van der Waals surface area contributed by atoms with E-state index in [1.165, 1.54) is 0 Å². The number of fused-ring (bicyclic) bond motifs is 4. The first-order chi connectivity index (χ1) is 26.5. The van der Waals surface area contributed by atoms with Crippen LogP contribution in [0, 0.1) is 17.8 Å². The average molecular weight is 751 g/mol. The molecule has 4 heterocycles. The molecule has 10 heteroatoms. The number of carbonyl (C=O) groups is 1. The molecule has 0 amide bonds. The van der Waals surface area contributed by atoms with Crippen molar-refractivity contribution in [3.8, 4) is 22.6 Å². The van der Waals surface area contributed by atoms with Crippen LogP contribution in [0.25, 0.3) is 33.8 Å². The third-order valence-electron chi connectivity index (χ3n) is 11.3. The highest BCUT2D eigenvalue weighted by molar-refractivity contribution is 7.08. The van der Waals surface area contributed by atoms with E-state index in [2.05, 4.69) is 100 Å². The molecule has 0 saturated heterocycles. The van der Waals surface area contributed by atoms with E-state index in [9.17, 15) is 4.79 Å². The van der Waals surface area contributed by atoms with E-state index in [-0.39, 0.29) is 23.1 Å². The Morgan fingerprint density at radius 2 is 1.50 bits per heavy atom. The molecule has 270 valence electrons. The van der Waals surface area contributed by atoms with Crippen LogP contribution in [0.5, 0.6) is 0 Å². The summed E-state index contributed by atoms with van der Waals surface area (Å²) in [5.74, 6) is 1.44. The Bertz CT molecular complexity index is 2300. The van der Waals surface area contributed by atoms with Gasteiger partial charge in [0.15, 0.2) is 11.5 Å². The first kappa shape index (κ1) is 34.4. The second-order valence-corrected chi connectivity index (χ2v) is 15.4. The molecule has 3 aromatic carbocycles. The normalized spacial score (nSPS) is 19.5. The molecule has 0 radical (unpaired) electrons. The lowest BCUT2D eigenvalue weighted by molar-refractivity contribution is -0.154. The number of anilines is 1. The van der Waals surface area contributed by atoms with Crippen molar-refractivity contribution in [1.82, 2.24) is 24.5 Å². The molecule has 3 aliphatic rings. The average Bonchev–Trinajstić information content (AvgIpc) is 3.90. The number of carbonyl (C=O) groups excluding carboxylic acids is 1. The molecule has 0 aliphatic heterocycles. The maximum atomic E-state index is 13.4. The van der Waals surface area contributed by atoms with Crippen molar-refractivity contribution in [3.05, 3.63) is 148 Å². The number of esters is 1. The number of ether oxygens (including phenoxy) is 1. The Hall–Kier alpha value is -5.38. The van der Waals surface area contributed by atoms with Crippen LogP contribution in [0.2, 0.25) is 5.15 Å². The maximum Gasteiger partial charge on any atom is 0.311 e. The van der Waals surface area contributed by atoms with Crippen LogP contribution in [0.1, 0.15) is 49.3 Å². The van der Waals surface area contributed by atoms with E-state index in [0.29, 0.717) is 46.8 Å². The summed E-state index contributed by atoms with van der Waals surface area (Å²) < 4.78 is 7.84. The third-order valence-corrected chi connectivity index (χ3v) is 12.1. The minimum atomic E-state index is -0.858. The summed E-state index contributed by atoms with van der Waals surface area (Å²) in [6.07, 6.45) is 7.93. The fourth-order valence-electron chi connectivity index (χ4n) is 8.95. The van der Waals surface area contributed by atoms with Crippen LogP contribution in [-0.4, -0.2) is 43.1 Å². The molecule has 1 N–H and O–H groups in total. The number of benzene rings is 3. The van der Waals surface area contributed by atoms with E-state index < -0.39 is 5.54 Å². The van der Waals surface area contributed by atoms with E-state index in [1.807, 2.05) is 36.6 Å². The number of aromatic nitrogens is 5. The number of nitrogens with one attached hydrogen (secondary N) is 1. The van der Waals surface area contributed by atoms with Crippen molar-refractivity contribution in [1.29, 1.82) is 0 Å². The molecular weight excluding hydrogens is 712 g/mol. The van der Waals surface area contributed by atoms with Gasteiger partial charge in [-0.2, -0.15) is 11.3 Å². The Morgan fingerprint density at radius 1 is 0.870 bits per heavy atom. The summed E-state index contributed by atoms with van der Waals surface area (Å²) in [4.78, 5) is 33.8. The monoisotopic (exact) mass is 750 g/mol. The first-order valence-corrected chi connectivity index (χ1v) is 19.9. The van der Waals surface area contributed by atoms with Gasteiger partial charge < -0.3 is 14.6 Å². The summed E-state index contributed by atoms with van der Waals surface area (Å²) in [6.45, 7) is 2.24. The molecule has 2 atom stereocenters. The van der Waals surface area contributed by atoms with E-state index >= 15 is 0 Å². The first-order valence-electron chi connectivity index (χ1n) is 18.6. The zero-order valence-corrected chi connectivity index (χ0v) is 31.4. The predicted octanol–water partition coefficient (Wildman–Crippen LogP) is 9.89. The molecule has 4 aromatic heterocycles. The molecule has 54 heavy (non-hydrogen) atoms. The van der Waals surface area contributed by atoms with Crippen LogP contribution in [-0.2, 0) is 15.1 Å². The molecule has 2 bridgehead atoms. The van der Waals surface area contributed by atoms with Crippen LogP contribution < -0.4 is 5.32 Å². The number of hydrogen-bond donors (Lipinski definition) is 1. The van der Waals surface area contributed by atoms with Gasteiger partial charge in [0.2, 0.25) is 0 Å². The highest BCUT2D eigenvalue weighted by atomic mass is 35.5. The summed E-state index contributed by atoms with van der Waals surface area (Å²) in [7, 11) is 0. The summed E-state index contributed by atoms with van der Waals surface area (Å²) in [6, 6.07) is 35.4. The lowest BCUT2D eigenvalue weighted by Crippen LogP contribution is -2.52. The van der Waals surface area contributed by atoms with Gasteiger partial charge in [0.1, 0.15) is 22.0 Å². The fraction of sp³-hybridized carbons (Fsp3) is 0.250. The van der Waals surface area contributed by atoms with Crippen molar-refractivity contribution >= 4 is 45.9 Å². The number of thiophene rings is 1. The van der Waals surface area contributed by atoms with E-state index in [0.717, 1.165) is 53.6 Å². The Balaban J connectivity index is 1.28. The summed E-state index contributed by atoms with van der Waals surface area (Å²) >= 11 is 8.27. The quantitative estimate of drug-likeness (QED) is 0.110. The van der Waals surface area contributed by atoms with Gasteiger partial charge >= 0.3 is 5.97 Å². The third kappa shape index (κ3) is 5.96. The van der Waals surface area contributed by atoms with E-state index in [1.54, 1.807) is 17.5 Å². The number of rotatable bonds is 10. The number of hydrogen-bond acceptors (Lipinski definition) is 8. The minimum absolute atomic E-state index is 0.0907. The number of halogens is 1. The lowest BCUT2D eigenvalue weighted by atomic mass is 9.61. The van der Waals surface area contributed by atoms with Gasteiger partial charge in [0.05, 0.1) is 30.0 Å². The molecule has 3 saturated carbocycles. The van der Waals surface area contributed by atoms with Gasteiger partial charge in [-0.1, -0.05) is 103 Å². The second kappa shape index (κ2) is 14.5. The molecule has 0 spiro atoms. The topological polar surface area (TPSA) is 94.8 Å². The molecule has 0 unspecified atom stereocenters. The van der Waals surface area contributed by atoms with Gasteiger partial charge in [-0.05, 0) is 72.6 Å². The lowest BCUT2D eigenvalue weighted by Gasteiger charge is -2.47. The van der Waals surface area contributed by atoms with Gasteiger partial charge in [0, 0.05) is 29.2 Å². The van der Waals surface area contributed by atoms with Crippen molar-refractivity contribution in [2.75, 3.05) is 11.9 Å². The van der Waals surface area contributed by atoms with E-state index in [4.69, 9.17) is 36.3 Å².